The Morgan fingerprint density at radius 2 is 1.88 bits per heavy atom. The number of non-ortho nitro benzene ring substituents is 1. The highest BCUT2D eigenvalue weighted by atomic mass is 16.6. The van der Waals surface area contributed by atoms with E-state index in [2.05, 4.69) is 9.97 Å². The van der Waals surface area contributed by atoms with Crippen LogP contribution in [0, 0.1) is 17.0 Å². The molecule has 0 aliphatic heterocycles. The van der Waals surface area contributed by atoms with Gasteiger partial charge in [-0.2, -0.15) is 0 Å². The van der Waals surface area contributed by atoms with Gasteiger partial charge in [-0.25, -0.2) is 9.97 Å². The van der Waals surface area contributed by atoms with Crippen molar-refractivity contribution in [3.05, 3.63) is 51.3 Å². The number of hydrogen-bond acceptors (Lipinski definition) is 7. The van der Waals surface area contributed by atoms with Crippen LogP contribution in [0.3, 0.4) is 0 Å². The van der Waals surface area contributed by atoms with Crippen LogP contribution in [0.5, 0.6) is 5.75 Å². The van der Waals surface area contributed by atoms with Gasteiger partial charge in [0.15, 0.2) is 0 Å². The number of nitrogens with zero attached hydrogens (tertiary/aromatic N) is 4. The summed E-state index contributed by atoms with van der Waals surface area (Å²) in [4.78, 5) is 32.3. The second-order valence-corrected chi connectivity index (χ2v) is 5.64. The Hall–Kier alpha value is -3.23. The predicted octanol–water partition coefficient (Wildman–Crippen LogP) is 2.12. The van der Waals surface area contributed by atoms with E-state index in [1.165, 1.54) is 29.2 Å². The summed E-state index contributed by atoms with van der Waals surface area (Å²) in [5.74, 6) is 0.199. The molecule has 1 amide bonds. The van der Waals surface area contributed by atoms with Gasteiger partial charge < -0.3 is 15.4 Å². The molecular weight excluding hydrogens is 326 g/mol. The molecule has 9 heteroatoms. The fourth-order valence-corrected chi connectivity index (χ4v) is 2.31. The van der Waals surface area contributed by atoms with Crippen LogP contribution in [0.25, 0.3) is 0 Å². The standard InChI is InChI=1S/C16H19N5O4/c1-9-13(15(22)20(3)4)14(19-16(17)18-9)10(2)25-12-7-5-11(6-8-12)21(23)24/h5-8,10H,1-4H3,(H2,17,18,19). The number of carbonyl (C=O) groups excluding carboxylic acids is 1. The van der Waals surface area contributed by atoms with Gasteiger partial charge in [0.1, 0.15) is 11.9 Å². The Bertz CT molecular complexity index is 805. The predicted molar refractivity (Wildman–Crippen MR) is 91.3 cm³/mol. The topological polar surface area (TPSA) is 124 Å². The zero-order valence-corrected chi connectivity index (χ0v) is 14.4. The van der Waals surface area contributed by atoms with E-state index in [4.69, 9.17) is 10.5 Å². The minimum Gasteiger partial charge on any atom is -0.484 e. The number of aromatic nitrogens is 2. The lowest BCUT2D eigenvalue weighted by atomic mass is 10.1. The quantitative estimate of drug-likeness (QED) is 0.650. The molecule has 0 aliphatic carbocycles. The van der Waals surface area contributed by atoms with Gasteiger partial charge in [0, 0.05) is 26.2 Å². The third-order valence-corrected chi connectivity index (χ3v) is 3.50. The van der Waals surface area contributed by atoms with Crippen LogP contribution >= 0.6 is 0 Å². The SMILES string of the molecule is Cc1nc(N)nc(C(C)Oc2ccc([N+](=O)[O-])cc2)c1C(=O)N(C)C. The maximum atomic E-state index is 12.4. The molecular formula is C16H19N5O4. The van der Waals surface area contributed by atoms with Gasteiger partial charge in [0.25, 0.3) is 11.6 Å². The maximum Gasteiger partial charge on any atom is 0.269 e. The lowest BCUT2D eigenvalue weighted by Crippen LogP contribution is -2.27. The number of nitrogens with two attached hydrogens (primary N) is 1. The van der Waals surface area contributed by atoms with Crippen LogP contribution in [0.1, 0.15) is 34.8 Å². The molecule has 0 spiro atoms. The molecule has 2 rings (SSSR count). The molecule has 0 saturated heterocycles. The number of amides is 1. The molecule has 2 aromatic rings. The number of rotatable bonds is 5. The summed E-state index contributed by atoms with van der Waals surface area (Å²) < 4.78 is 5.78. The number of carbonyl (C=O) groups is 1. The van der Waals surface area contributed by atoms with Gasteiger partial charge in [0.2, 0.25) is 5.95 Å². The zero-order chi connectivity index (χ0) is 18.7. The molecule has 25 heavy (non-hydrogen) atoms. The first-order chi connectivity index (χ1) is 11.7. The molecule has 1 unspecified atom stereocenters. The highest BCUT2D eigenvalue weighted by Gasteiger charge is 2.24. The molecule has 0 radical (unpaired) electrons. The van der Waals surface area contributed by atoms with Gasteiger partial charge in [-0.05, 0) is 26.0 Å². The van der Waals surface area contributed by atoms with Crippen LogP contribution in [-0.2, 0) is 0 Å². The zero-order valence-electron chi connectivity index (χ0n) is 14.4. The number of benzene rings is 1. The first-order valence-corrected chi connectivity index (χ1v) is 7.47. The largest absolute Gasteiger partial charge is 0.484 e. The van der Waals surface area contributed by atoms with Crippen LogP contribution in [0.2, 0.25) is 0 Å². The maximum absolute atomic E-state index is 12.4. The molecule has 0 aliphatic rings. The Balaban J connectivity index is 2.36. The van der Waals surface area contributed by atoms with Gasteiger partial charge >= 0.3 is 0 Å². The number of hydrogen-bond donors (Lipinski definition) is 1. The fraction of sp³-hybridized carbons (Fsp3) is 0.312. The van der Waals surface area contributed by atoms with E-state index in [1.807, 2.05) is 0 Å². The van der Waals surface area contributed by atoms with Crippen molar-refractivity contribution < 1.29 is 14.5 Å². The summed E-state index contributed by atoms with van der Waals surface area (Å²) >= 11 is 0. The average Bonchev–Trinajstić information content (AvgIpc) is 2.53. The summed E-state index contributed by atoms with van der Waals surface area (Å²) in [5, 5.41) is 10.7. The summed E-state index contributed by atoms with van der Waals surface area (Å²) in [6, 6.07) is 5.65. The van der Waals surface area contributed by atoms with Crippen molar-refractivity contribution in [3.8, 4) is 5.75 Å². The number of nitrogen functional groups attached to an aromatic ring is 1. The number of aryl methyl sites for hydroxylation is 1. The lowest BCUT2D eigenvalue weighted by molar-refractivity contribution is -0.384. The minimum atomic E-state index is -0.607. The first-order valence-electron chi connectivity index (χ1n) is 7.47. The van der Waals surface area contributed by atoms with Crippen molar-refractivity contribution >= 4 is 17.5 Å². The normalized spacial score (nSPS) is 11.7. The summed E-state index contributed by atoms with van der Waals surface area (Å²) in [6.45, 7) is 3.39. The average molecular weight is 345 g/mol. The molecule has 2 N–H and O–H groups in total. The summed E-state index contributed by atoms with van der Waals surface area (Å²) in [7, 11) is 3.26. The van der Waals surface area contributed by atoms with E-state index in [0.29, 0.717) is 22.7 Å². The van der Waals surface area contributed by atoms with Crippen molar-refractivity contribution in [1.29, 1.82) is 0 Å². The summed E-state index contributed by atoms with van der Waals surface area (Å²) in [6.07, 6.45) is -0.607. The fourth-order valence-electron chi connectivity index (χ4n) is 2.31. The number of ether oxygens (including phenoxy) is 1. The molecule has 1 aromatic heterocycles. The molecule has 1 atom stereocenters. The molecule has 1 aromatic carbocycles. The van der Waals surface area contributed by atoms with E-state index in [9.17, 15) is 14.9 Å². The molecule has 132 valence electrons. The number of anilines is 1. The third-order valence-electron chi connectivity index (χ3n) is 3.50. The Kier molecular flexibility index (Phi) is 5.16. The Morgan fingerprint density at radius 3 is 2.40 bits per heavy atom. The first kappa shape index (κ1) is 18.1. The number of nitro benzene ring substituents is 1. The van der Waals surface area contributed by atoms with Gasteiger partial charge in [-0.1, -0.05) is 0 Å². The van der Waals surface area contributed by atoms with E-state index >= 15 is 0 Å². The lowest BCUT2D eigenvalue weighted by Gasteiger charge is -2.20. The highest BCUT2D eigenvalue weighted by Crippen LogP contribution is 2.26. The molecule has 9 nitrogen and oxygen atoms in total. The minimum absolute atomic E-state index is 0.0365. The molecule has 0 bridgehead atoms. The monoisotopic (exact) mass is 345 g/mol. The van der Waals surface area contributed by atoms with Crippen LogP contribution in [-0.4, -0.2) is 39.8 Å². The second kappa shape index (κ2) is 7.12. The van der Waals surface area contributed by atoms with Gasteiger partial charge in [-0.3, -0.25) is 14.9 Å². The van der Waals surface area contributed by atoms with Crippen molar-refractivity contribution in [3.63, 3.8) is 0 Å². The van der Waals surface area contributed by atoms with Crippen molar-refractivity contribution in [1.82, 2.24) is 14.9 Å². The van der Waals surface area contributed by atoms with Gasteiger partial charge in [0.05, 0.1) is 21.9 Å². The smallest absolute Gasteiger partial charge is 0.269 e. The van der Waals surface area contributed by atoms with Gasteiger partial charge in [-0.15, -0.1) is 0 Å². The van der Waals surface area contributed by atoms with Crippen molar-refractivity contribution in [2.75, 3.05) is 19.8 Å². The Morgan fingerprint density at radius 1 is 1.28 bits per heavy atom. The van der Waals surface area contributed by atoms with E-state index in [-0.39, 0.29) is 17.5 Å². The highest BCUT2D eigenvalue weighted by molar-refractivity contribution is 5.96. The van der Waals surface area contributed by atoms with E-state index in [1.54, 1.807) is 27.9 Å². The van der Waals surface area contributed by atoms with E-state index in [0.717, 1.165) is 0 Å². The molecule has 0 saturated carbocycles. The van der Waals surface area contributed by atoms with Crippen molar-refractivity contribution in [2.45, 2.75) is 20.0 Å². The van der Waals surface area contributed by atoms with E-state index < -0.39 is 11.0 Å². The summed E-state index contributed by atoms with van der Waals surface area (Å²) in [5.41, 5.74) is 6.82. The van der Waals surface area contributed by atoms with Crippen LogP contribution in [0.15, 0.2) is 24.3 Å². The Labute approximate surface area is 144 Å². The number of nitro groups is 1. The van der Waals surface area contributed by atoms with Crippen LogP contribution in [0.4, 0.5) is 11.6 Å². The second-order valence-electron chi connectivity index (χ2n) is 5.64. The molecule has 1 heterocycles. The van der Waals surface area contributed by atoms with Crippen LogP contribution < -0.4 is 10.5 Å². The molecule has 0 fully saturated rings. The third kappa shape index (κ3) is 4.00. The van der Waals surface area contributed by atoms with Crippen molar-refractivity contribution in [2.24, 2.45) is 0 Å².